The summed E-state index contributed by atoms with van der Waals surface area (Å²) in [5, 5.41) is 9.23. The van der Waals surface area contributed by atoms with Gasteiger partial charge in [-0.3, -0.25) is 14.4 Å². The number of carbonyl (C=O) groups excluding carboxylic acids is 2. The fourth-order valence-electron chi connectivity index (χ4n) is 2.80. The highest BCUT2D eigenvalue weighted by atomic mass is 32.2. The Bertz CT molecular complexity index is 926. The summed E-state index contributed by atoms with van der Waals surface area (Å²) in [6.07, 6.45) is 0.322. The van der Waals surface area contributed by atoms with Crippen LogP contribution < -0.4 is 15.2 Å². The second-order valence-corrected chi connectivity index (χ2v) is 7.02. The number of H-pyrrole nitrogens is 1. The summed E-state index contributed by atoms with van der Waals surface area (Å²) in [4.78, 5) is 44.6. The maximum absolute atomic E-state index is 12.7. The van der Waals surface area contributed by atoms with Gasteiger partial charge in [0.15, 0.2) is 5.16 Å². The third-order valence-electron chi connectivity index (χ3n) is 4.09. The lowest BCUT2D eigenvalue weighted by Gasteiger charge is -2.15. The molecule has 9 heteroatoms. The van der Waals surface area contributed by atoms with E-state index in [1.807, 2.05) is 6.92 Å². The predicted octanol–water partition coefficient (Wildman–Crippen LogP) is 1.86. The Hall–Kier alpha value is -2.81. The van der Waals surface area contributed by atoms with Crippen LogP contribution in [0.1, 0.15) is 25.8 Å². The first-order valence-corrected chi connectivity index (χ1v) is 9.41. The fourth-order valence-corrected chi connectivity index (χ4v) is 3.79. The molecule has 2 heterocycles. The van der Waals surface area contributed by atoms with Crippen LogP contribution in [0.5, 0.6) is 11.6 Å². The lowest BCUT2D eigenvalue weighted by molar-refractivity contribution is -0.121. The molecule has 2 aromatic rings. The van der Waals surface area contributed by atoms with E-state index in [1.165, 1.54) is 0 Å². The number of aromatic amines is 1. The highest BCUT2D eigenvalue weighted by molar-refractivity contribution is 8.00. The summed E-state index contributed by atoms with van der Waals surface area (Å²) >= 11 is 0.957. The van der Waals surface area contributed by atoms with E-state index in [9.17, 15) is 19.5 Å². The molecule has 8 nitrogen and oxygen atoms in total. The SMILES string of the molecule is CCOc1ccc(N2C(=O)C[C@H](Sc3nc(O)c(CC)c(=O)[nH]3)C2=O)cc1. The third kappa shape index (κ3) is 3.82. The quantitative estimate of drug-likeness (QED) is 0.573. The lowest BCUT2D eigenvalue weighted by Crippen LogP contribution is -2.31. The number of ether oxygens (including phenoxy) is 1. The molecular formula is C18H19N3O5S. The molecule has 3 rings (SSSR count). The van der Waals surface area contributed by atoms with Crippen molar-refractivity contribution in [2.24, 2.45) is 0 Å². The van der Waals surface area contributed by atoms with Crippen LogP contribution in [-0.2, 0) is 16.0 Å². The molecular weight excluding hydrogens is 370 g/mol. The van der Waals surface area contributed by atoms with Crippen molar-refractivity contribution in [3.8, 4) is 11.6 Å². The first-order chi connectivity index (χ1) is 12.9. The highest BCUT2D eigenvalue weighted by Crippen LogP contribution is 2.33. The molecule has 0 saturated carbocycles. The Morgan fingerprint density at radius 2 is 1.96 bits per heavy atom. The van der Waals surface area contributed by atoms with Crippen LogP contribution in [-0.4, -0.2) is 38.7 Å². The minimum atomic E-state index is -0.723. The molecule has 1 aromatic carbocycles. The summed E-state index contributed by atoms with van der Waals surface area (Å²) < 4.78 is 5.36. The fraction of sp³-hybridized carbons (Fsp3) is 0.333. The second kappa shape index (κ2) is 7.83. The molecule has 142 valence electrons. The van der Waals surface area contributed by atoms with Crippen LogP contribution in [0.4, 0.5) is 5.69 Å². The molecule has 1 aromatic heterocycles. The van der Waals surface area contributed by atoms with E-state index in [4.69, 9.17) is 4.74 Å². The summed E-state index contributed by atoms with van der Waals surface area (Å²) in [6, 6.07) is 6.69. The van der Waals surface area contributed by atoms with E-state index in [1.54, 1.807) is 31.2 Å². The first-order valence-electron chi connectivity index (χ1n) is 8.53. The molecule has 1 aliphatic rings. The van der Waals surface area contributed by atoms with Gasteiger partial charge in [-0.1, -0.05) is 18.7 Å². The predicted molar refractivity (Wildman–Crippen MR) is 100 cm³/mol. The number of nitrogens with zero attached hydrogens (tertiary/aromatic N) is 2. The molecule has 1 atom stereocenters. The number of imide groups is 1. The maximum atomic E-state index is 12.7. The minimum Gasteiger partial charge on any atom is -0.494 e. The van der Waals surface area contributed by atoms with Crippen molar-refractivity contribution in [3.63, 3.8) is 0 Å². The lowest BCUT2D eigenvalue weighted by atomic mass is 10.2. The number of amides is 2. The second-order valence-electron chi connectivity index (χ2n) is 5.83. The van der Waals surface area contributed by atoms with Gasteiger partial charge in [0, 0.05) is 6.42 Å². The van der Waals surface area contributed by atoms with Gasteiger partial charge in [0.25, 0.3) is 5.56 Å². The van der Waals surface area contributed by atoms with Crippen molar-refractivity contribution in [1.82, 2.24) is 9.97 Å². The number of nitrogens with one attached hydrogen (secondary N) is 1. The number of hydrogen-bond acceptors (Lipinski definition) is 7. The number of carbonyl (C=O) groups is 2. The molecule has 0 bridgehead atoms. The van der Waals surface area contributed by atoms with Gasteiger partial charge < -0.3 is 14.8 Å². The third-order valence-corrected chi connectivity index (χ3v) is 5.16. The minimum absolute atomic E-state index is 0.0171. The van der Waals surface area contributed by atoms with E-state index < -0.39 is 16.7 Å². The molecule has 27 heavy (non-hydrogen) atoms. The van der Waals surface area contributed by atoms with Gasteiger partial charge in [0.2, 0.25) is 17.7 Å². The van der Waals surface area contributed by atoms with Crippen LogP contribution in [0.3, 0.4) is 0 Å². The van der Waals surface area contributed by atoms with Gasteiger partial charge in [0.1, 0.15) is 11.0 Å². The number of hydrogen-bond donors (Lipinski definition) is 2. The molecule has 0 spiro atoms. The van der Waals surface area contributed by atoms with Crippen LogP contribution in [0.15, 0.2) is 34.2 Å². The summed E-state index contributed by atoms with van der Waals surface area (Å²) in [5.41, 5.74) is 0.194. The summed E-state index contributed by atoms with van der Waals surface area (Å²) in [6.45, 7) is 4.12. The number of aromatic hydroxyl groups is 1. The van der Waals surface area contributed by atoms with Crippen LogP contribution in [0.25, 0.3) is 0 Å². The number of thioether (sulfide) groups is 1. The van der Waals surface area contributed by atoms with Crippen molar-refractivity contribution in [2.45, 2.75) is 37.1 Å². The average Bonchev–Trinajstić information content (AvgIpc) is 2.89. The molecule has 0 aliphatic carbocycles. The Balaban J connectivity index is 1.79. The van der Waals surface area contributed by atoms with E-state index in [0.717, 1.165) is 16.7 Å². The molecule has 1 fully saturated rings. The average molecular weight is 389 g/mol. The zero-order valence-electron chi connectivity index (χ0n) is 14.9. The van der Waals surface area contributed by atoms with E-state index in [0.29, 0.717) is 24.5 Å². The Morgan fingerprint density at radius 1 is 1.26 bits per heavy atom. The topological polar surface area (TPSA) is 113 Å². The molecule has 1 saturated heterocycles. The standard InChI is InChI=1S/C18H19N3O5S/c1-3-12-15(23)19-18(20-16(12)24)27-13-9-14(22)21(17(13)25)10-5-7-11(8-6-10)26-4-2/h5-8,13H,3-4,9H2,1-2H3,(H2,19,20,23,24)/t13-/m0/s1. The summed E-state index contributed by atoms with van der Waals surface area (Å²) in [5.74, 6) is -0.433. The van der Waals surface area contributed by atoms with Gasteiger partial charge in [-0.15, -0.1) is 0 Å². The normalized spacial score (nSPS) is 16.8. The van der Waals surface area contributed by atoms with Crippen LogP contribution in [0.2, 0.25) is 0 Å². The molecule has 0 radical (unpaired) electrons. The van der Waals surface area contributed by atoms with Gasteiger partial charge in [-0.2, -0.15) is 4.98 Å². The Labute approximate surface area is 159 Å². The number of rotatable bonds is 6. The molecule has 2 amide bonds. The van der Waals surface area contributed by atoms with Gasteiger partial charge in [-0.25, -0.2) is 4.90 Å². The highest BCUT2D eigenvalue weighted by Gasteiger charge is 2.40. The van der Waals surface area contributed by atoms with Crippen LogP contribution in [0, 0.1) is 0 Å². The number of benzene rings is 1. The number of aromatic nitrogens is 2. The molecule has 2 N–H and O–H groups in total. The monoisotopic (exact) mass is 389 g/mol. The van der Waals surface area contributed by atoms with E-state index in [-0.39, 0.29) is 28.9 Å². The molecule has 0 unspecified atom stereocenters. The van der Waals surface area contributed by atoms with E-state index >= 15 is 0 Å². The maximum Gasteiger partial charge on any atom is 0.258 e. The van der Waals surface area contributed by atoms with Crippen molar-refractivity contribution >= 4 is 29.3 Å². The van der Waals surface area contributed by atoms with Gasteiger partial charge >= 0.3 is 0 Å². The van der Waals surface area contributed by atoms with Gasteiger partial charge in [-0.05, 0) is 37.6 Å². The van der Waals surface area contributed by atoms with Crippen molar-refractivity contribution < 1.29 is 19.4 Å². The first kappa shape index (κ1) is 19.0. The zero-order valence-corrected chi connectivity index (χ0v) is 15.7. The van der Waals surface area contributed by atoms with Crippen LogP contribution >= 0.6 is 11.8 Å². The smallest absolute Gasteiger partial charge is 0.258 e. The van der Waals surface area contributed by atoms with E-state index in [2.05, 4.69) is 9.97 Å². The Morgan fingerprint density at radius 3 is 2.56 bits per heavy atom. The van der Waals surface area contributed by atoms with Crippen molar-refractivity contribution in [3.05, 3.63) is 40.2 Å². The molecule has 1 aliphatic heterocycles. The zero-order chi connectivity index (χ0) is 19.6. The van der Waals surface area contributed by atoms with Gasteiger partial charge in [0.05, 0.1) is 17.9 Å². The Kier molecular flexibility index (Phi) is 5.50. The largest absolute Gasteiger partial charge is 0.494 e. The van der Waals surface area contributed by atoms with Crippen molar-refractivity contribution in [2.75, 3.05) is 11.5 Å². The summed E-state index contributed by atoms with van der Waals surface area (Å²) in [7, 11) is 0. The number of anilines is 1. The van der Waals surface area contributed by atoms with Crippen molar-refractivity contribution in [1.29, 1.82) is 0 Å².